The highest BCUT2D eigenvalue weighted by Crippen LogP contribution is 2.29. The summed E-state index contributed by atoms with van der Waals surface area (Å²) in [5.74, 6) is -1.59. The molecule has 0 aliphatic heterocycles. The zero-order chi connectivity index (χ0) is 20.0. The number of halogens is 2. The van der Waals surface area contributed by atoms with Gasteiger partial charge in [-0.1, -0.05) is 32.9 Å². The lowest BCUT2D eigenvalue weighted by molar-refractivity contribution is -0.121. The van der Waals surface area contributed by atoms with E-state index in [0.29, 0.717) is 6.42 Å². The number of rotatable bonds is 6. The molecule has 0 saturated heterocycles. The molecule has 0 aliphatic rings. The third-order valence-electron chi connectivity index (χ3n) is 3.94. The first kappa shape index (κ1) is 20.6. The van der Waals surface area contributed by atoms with E-state index in [4.69, 9.17) is 0 Å². The third-order valence-corrected chi connectivity index (χ3v) is 3.94. The molecule has 2 amide bonds. The van der Waals surface area contributed by atoms with E-state index in [1.165, 1.54) is 36.4 Å². The first-order chi connectivity index (χ1) is 12.6. The molecule has 0 aliphatic carbocycles. The van der Waals surface area contributed by atoms with E-state index in [2.05, 4.69) is 10.6 Å². The second kappa shape index (κ2) is 8.75. The monoisotopic (exact) mass is 374 g/mol. The molecule has 0 heterocycles. The predicted molar refractivity (Wildman–Crippen MR) is 100 cm³/mol. The minimum atomic E-state index is -0.459. The summed E-state index contributed by atoms with van der Waals surface area (Å²) in [5, 5.41) is 5.40. The molecule has 0 aromatic heterocycles. The molecule has 0 fully saturated rings. The molecule has 6 heteroatoms. The van der Waals surface area contributed by atoms with Crippen LogP contribution in [-0.4, -0.2) is 18.4 Å². The zero-order valence-electron chi connectivity index (χ0n) is 15.7. The van der Waals surface area contributed by atoms with Crippen molar-refractivity contribution in [1.82, 2.24) is 10.6 Å². The minimum absolute atomic E-state index is 0.0658. The largest absolute Gasteiger partial charge is 0.348 e. The zero-order valence-corrected chi connectivity index (χ0v) is 15.7. The fourth-order valence-corrected chi connectivity index (χ4v) is 2.67. The Morgan fingerprint density at radius 1 is 0.926 bits per heavy atom. The second-order valence-corrected chi connectivity index (χ2v) is 7.63. The van der Waals surface area contributed by atoms with Crippen LogP contribution in [0.3, 0.4) is 0 Å². The summed E-state index contributed by atoms with van der Waals surface area (Å²) in [7, 11) is 0. The van der Waals surface area contributed by atoms with E-state index in [9.17, 15) is 18.4 Å². The molecule has 1 atom stereocenters. The predicted octanol–water partition coefficient (Wildman–Crippen LogP) is 3.99. The van der Waals surface area contributed by atoms with E-state index < -0.39 is 11.7 Å². The molecule has 0 spiro atoms. The smallest absolute Gasteiger partial charge is 0.251 e. The normalized spacial score (nSPS) is 12.3. The van der Waals surface area contributed by atoms with Gasteiger partial charge in [0.15, 0.2) is 0 Å². The standard InChI is InChI=1S/C21H24F2N2O2/c1-21(2,3)12-18(14-4-8-16(22)9-5-14)25-19(26)13-24-20(27)15-6-10-17(23)11-7-15/h4-11,18H,12-13H2,1-3H3,(H,24,27)(H,25,26). The average Bonchev–Trinajstić information content (AvgIpc) is 2.59. The highest BCUT2D eigenvalue weighted by Gasteiger charge is 2.22. The van der Waals surface area contributed by atoms with Crippen LogP contribution in [0.4, 0.5) is 8.78 Å². The first-order valence-corrected chi connectivity index (χ1v) is 8.73. The van der Waals surface area contributed by atoms with Crippen LogP contribution in [0, 0.1) is 17.0 Å². The van der Waals surface area contributed by atoms with Gasteiger partial charge in [0.25, 0.3) is 5.91 Å². The quantitative estimate of drug-likeness (QED) is 0.803. The lowest BCUT2D eigenvalue weighted by Gasteiger charge is -2.27. The minimum Gasteiger partial charge on any atom is -0.348 e. The topological polar surface area (TPSA) is 58.2 Å². The Labute approximate surface area is 158 Å². The van der Waals surface area contributed by atoms with Crippen LogP contribution in [0.25, 0.3) is 0 Å². The summed E-state index contributed by atoms with van der Waals surface area (Å²) in [6.45, 7) is 5.93. The second-order valence-electron chi connectivity index (χ2n) is 7.63. The molecule has 27 heavy (non-hydrogen) atoms. The third kappa shape index (κ3) is 6.81. The van der Waals surface area contributed by atoms with Crippen molar-refractivity contribution in [2.45, 2.75) is 33.2 Å². The summed E-state index contributed by atoms with van der Waals surface area (Å²) in [5.41, 5.74) is 1.00. The number of amides is 2. The van der Waals surface area contributed by atoms with Gasteiger partial charge in [0, 0.05) is 5.56 Å². The van der Waals surface area contributed by atoms with Crippen molar-refractivity contribution in [3.8, 4) is 0 Å². The molecule has 4 nitrogen and oxygen atoms in total. The van der Waals surface area contributed by atoms with Crippen molar-refractivity contribution in [3.05, 3.63) is 71.3 Å². The Kier molecular flexibility index (Phi) is 6.66. The van der Waals surface area contributed by atoms with Crippen molar-refractivity contribution >= 4 is 11.8 Å². The summed E-state index contributed by atoms with van der Waals surface area (Å²) >= 11 is 0. The van der Waals surface area contributed by atoms with Crippen molar-refractivity contribution in [1.29, 1.82) is 0 Å². The first-order valence-electron chi connectivity index (χ1n) is 8.73. The number of carbonyl (C=O) groups excluding carboxylic acids is 2. The highest BCUT2D eigenvalue weighted by molar-refractivity contribution is 5.96. The van der Waals surface area contributed by atoms with Gasteiger partial charge < -0.3 is 10.6 Å². The number of benzene rings is 2. The van der Waals surface area contributed by atoms with Crippen LogP contribution in [0.1, 0.15) is 49.2 Å². The summed E-state index contributed by atoms with van der Waals surface area (Å²) in [6, 6.07) is 10.8. The molecule has 0 radical (unpaired) electrons. The molecule has 2 rings (SSSR count). The van der Waals surface area contributed by atoms with Gasteiger partial charge in [-0.05, 0) is 53.8 Å². The van der Waals surface area contributed by atoms with Gasteiger partial charge in [0.1, 0.15) is 11.6 Å². The van der Waals surface area contributed by atoms with Gasteiger partial charge in [-0.3, -0.25) is 9.59 Å². The number of hydrogen-bond donors (Lipinski definition) is 2. The van der Waals surface area contributed by atoms with Crippen molar-refractivity contribution in [2.24, 2.45) is 5.41 Å². The maximum absolute atomic E-state index is 13.2. The van der Waals surface area contributed by atoms with Crippen molar-refractivity contribution < 1.29 is 18.4 Å². The summed E-state index contributed by atoms with van der Waals surface area (Å²) in [6.07, 6.45) is 0.649. The van der Waals surface area contributed by atoms with E-state index in [1.807, 2.05) is 20.8 Å². The fourth-order valence-electron chi connectivity index (χ4n) is 2.67. The molecule has 2 N–H and O–H groups in total. The van der Waals surface area contributed by atoms with Crippen LogP contribution in [-0.2, 0) is 4.79 Å². The maximum atomic E-state index is 13.2. The van der Waals surface area contributed by atoms with Crippen molar-refractivity contribution in [3.63, 3.8) is 0 Å². The average molecular weight is 374 g/mol. The van der Waals surface area contributed by atoms with E-state index in [0.717, 1.165) is 5.56 Å². The SMILES string of the molecule is CC(C)(C)CC(NC(=O)CNC(=O)c1ccc(F)cc1)c1ccc(F)cc1. The molecule has 0 saturated carbocycles. The Balaban J connectivity index is 1.99. The number of nitrogens with one attached hydrogen (secondary N) is 2. The highest BCUT2D eigenvalue weighted by atomic mass is 19.1. The Morgan fingerprint density at radius 3 is 1.96 bits per heavy atom. The number of carbonyl (C=O) groups is 2. The molecule has 0 bridgehead atoms. The van der Waals surface area contributed by atoms with Gasteiger partial charge in [-0.15, -0.1) is 0 Å². The molecule has 144 valence electrons. The molecular formula is C21H24F2N2O2. The van der Waals surface area contributed by atoms with E-state index >= 15 is 0 Å². The van der Waals surface area contributed by atoms with Gasteiger partial charge in [-0.25, -0.2) is 8.78 Å². The lowest BCUT2D eigenvalue weighted by Crippen LogP contribution is -2.39. The molecular weight excluding hydrogens is 350 g/mol. The number of hydrogen-bond acceptors (Lipinski definition) is 2. The van der Waals surface area contributed by atoms with Gasteiger partial charge in [-0.2, -0.15) is 0 Å². The van der Waals surface area contributed by atoms with Gasteiger partial charge in [0.05, 0.1) is 12.6 Å². The Hall–Kier alpha value is -2.76. The molecule has 1 unspecified atom stereocenters. The van der Waals surface area contributed by atoms with Crippen molar-refractivity contribution in [2.75, 3.05) is 6.54 Å². The summed E-state index contributed by atoms with van der Waals surface area (Å²) in [4.78, 5) is 24.3. The fraction of sp³-hybridized carbons (Fsp3) is 0.333. The van der Waals surface area contributed by atoms with Crippen LogP contribution in [0.5, 0.6) is 0 Å². The van der Waals surface area contributed by atoms with E-state index in [-0.39, 0.29) is 35.3 Å². The van der Waals surface area contributed by atoms with Crippen LogP contribution >= 0.6 is 0 Å². The van der Waals surface area contributed by atoms with E-state index in [1.54, 1.807) is 12.1 Å². The Bertz CT molecular complexity index is 781. The summed E-state index contributed by atoms with van der Waals surface area (Å²) < 4.78 is 26.1. The molecule has 2 aromatic carbocycles. The maximum Gasteiger partial charge on any atom is 0.251 e. The van der Waals surface area contributed by atoms with Gasteiger partial charge >= 0.3 is 0 Å². The van der Waals surface area contributed by atoms with Gasteiger partial charge in [0.2, 0.25) is 5.91 Å². The Morgan fingerprint density at radius 2 is 1.44 bits per heavy atom. The molecule has 2 aromatic rings. The van der Waals surface area contributed by atoms with Crippen LogP contribution < -0.4 is 10.6 Å². The van der Waals surface area contributed by atoms with Crippen LogP contribution in [0.2, 0.25) is 0 Å². The van der Waals surface area contributed by atoms with Crippen LogP contribution in [0.15, 0.2) is 48.5 Å². The lowest BCUT2D eigenvalue weighted by atomic mass is 9.85.